The molecule has 0 spiro atoms. The summed E-state index contributed by atoms with van der Waals surface area (Å²) in [7, 11) is 0. The van der Waals surface area contributed by atoms with Crippen LogP contribution in [0.1, 0.15) is 78.1 Å². The number of aliphatic hydroxyl groups excluding tert-OH is 1. The summed E-state index contributed by atoms with van der Waals surface area (Å²) in [5, 5.41) is 9.87. The van der Waals surface area contributed by atoms with Crippen LogP contribution in [0.2, 0.25) is 0 Å². The molecule has 114 valence electrons. The monoisotopic (exact) mass is 269 g/mol. The molecule has 0 bridgehead atoms. The zero-order valence-corrected chi connectivity index (χ0v) is 13.2. The van der Waals surface area contributed by atoms with Gasteiger partial charge < -0.3 is 10.0 Å². The topological polar surface area (TPSA) is 23.5 Å². The fraction of sp³-hybridized carbons (Fsp3) is 1.00. The van der Waals surface area contributed by atoms with Gasteiger partial charge in [-0.25, -0.2) is 0 Å². The zero-order valence-electron chi connectivity index (χ0n) is 13.2. The van der Waals surface area contributed by atoms with Gasteiger partial charge in [0.1, 0.15) is 0 Å². The van der Waals surface area contributed by atoms with Gasteiger partial charge >= 0.3 is 0 Å². The van der Waals surface area contributed by atoms with E-state index in [0.29, 0.717) is 5.92 Å². The molecule has 0 radical (unpaired) electrons. The van der Waals surface area contributed by atoms with Gasteiger partial charge in [0.25, 0.3) is 0 Å². The summed E-state index contributed by atoms with van der Waals surface area (Å²) < 4.78 is 0. The van der Waals surface area contributed by atoms with Gasteiger partial charge in [-0.1, -0.05) is 58.8 Å². The maximum atomic E-state index is 9.87. The van der Waals surface area contributed by atoms with Crippen LogP contribution in [0.15, 0.2) is 0 Å². The van der Waals surface area contributed by atoms with Gasteiger partial charge in [-0.05, 0) is 31.7 Å². The molecule has 2 unspecified atom stereocenters. The lowest BCUT2D eigenvalue weighted by Gasteiger charge is -2.35. The Morgan fingerprint density at radius 3 is 2.21 bits per heavy atom. The number of likely N-dealkylation sites (tertiary alicyclic amines) is 1. The number of unbranched alkanes of at least 4 members (excludes halogenated alkanes) is 7. The van der Waals surface area contributed by atoms with E-state index in [-0.39, 0.29) is 6.10 Å². The van der Waals surface area contributed by atoms with Crippen molar-refractivity contribution in [2.75, 3.05) is 19.6 Å². The Hall–Kier alpha value is -0.0800. The van der Waals surface area contributed by atoms with Crippen molar-refractivity contribution in [2.24, 2.45) is 5.92 Å². The highest BCUT2D eigenvalue weighted by Crippen LogP contribution is 2.20. The highest BCUT2D eigenvalue weighted by molar-refractivity contribution is 4.78. The lowest BCUT2D eigenvalue weighted by atomic mass is 9.92. The molecular formula is C17H35NO. The fourth-order valence-electron chi connectivity index (χ4n) is 3.17. The molecule has 1 aliphatic rings. The minimum Gasteiger partial charge on any atom is -0.393 e. The number of hydrogen-bond acceptors (Lipinski definition) is 2. The first-order chi connectivity index (χ1) is 9.27. The molecule has 0 aromatic rings. The molecule has 0 aliphatic carbocycles. The van der Waals surface area contributed by atoms with Crippen molar-refractivity contribution < 1.29 is 5.11 Å². The van der Waals surface area contributed by atoms with Crippen molar-refractivity contribution in [3.63, 3.8) is 0 Å². The van der Waals surface area contributed by atoms with Crippen LogP contribution in [0.5, 0.6) is 0 Å². The van der Waals surface area contributed by atoms with Crippen molar-refractivity contribution in [3.8, 4) is 0 Å². The van der Waals surface area contributed by atoms with Gasteiger partial charge in [-0.15, -0.1) is 0 Å². The van der Waals surface area contributed by atoms with Crippen LogP contribution in [0.25, 0.3) is 0 Å². The second kappa shape index (κ2) is 10.7. The molecule has 1 rings (SSSR count). The summed E-state index contributed by atoms with van der Waals surface area (Å²) >= 11 is 0. The normalized spacial score (nSPS) is 24.8. The second-order valence-electron chi connectivity index (χ2n) is 6.30. The summed E-state index contributed by atoms with van der Waals surface area (Å²) in [4.78, 5) is 2.57. The number of rotatable bonds is 10. The van der Waals surface area contributed by atoms with E-state index in [4.69, 9.17) is 0 Å². The Bertz CT molecular complexity index is 207. The average Bonchev–Trinajstić information content (AvgIpc) is 2.43. The summed E-state index contributed by atoms with van der Waals surface area (Å²) in [6.45, 7) is 7.95. The maximum absolute atomic E-state index is 9.87. The summed E-state index contributed by atoms with van der Waals surface area (Å²) in [5.74, 6) is 0.516. The Labute approximate surface area is 120 Å². The quantitative estimate of drug-likeness (QED) is 0.600. The van der Waals surface area contributed by atoms with Crippen LogP contribution in [-0.2, 0) is 0 Å². The highest BCUT2D eigenvalue weighted by Gasteiger charge is 2.25. The fourth-order valence-corrected chi connectivity index (χ4v) is 3.17. The second-order valence-corrected chi connectivity index (χ2v) is 6.30. The number of hydrogen-bond donors (Lipinski definition) is 1. The predicted molar refractivity (Wildman–Crippen MR) is 83.5 cm³/mol. The lowest BCUT2D eigenvalue weighted by Crippen LogP contribution is -2.43. The van der Waals surface area contributed by atoms with Crippen molar-refractivity contribution in [1.82, 2.24) is 4.90 Å². The van der Waals surface area contributed by atoms with E-state index in [1.807, 2.05) is 0 Å². The van der Waals surface area contributed by atoms with Gasteiger partial charge in [0, 0.05) is 13.1 Å². The molecular weight excluding hydrogens is 234 g/mol. The summed E-state index contributed by atoms with van der Waals surface area (Å²) in [6, 6.07) is 0. The van der Waals surface area contributed by atoms with Crippen molar-refractivity contribution in [3.05, 3.63) is 0 Å². The van der Waals surface area contributed by atoms with Gasteiger partial charge in [-0.3, -0.25) is 0 Å². The summed E-state index contributed by atoms with van der Waals surface area (Å²) in [6.07, 6.45) is 13.3. The van der Waals surface area contributed by atoms with E-state index >= 15 is 0 Å². The molecule has 1 aliphatic heterocycles. The van der Waals surface area contributed by atoms with Crippen molar-refractivity contribution >= 4 is 0 Å². The smallest absolute Gasteiger partial charge is 0.0592 e. The molecule has 19 heavy (non-hydrogen) atoms. The van der Waals surface area contributed by atoms with E-state index in [1.165, 1.54) is 57.9 Å². The minimum absolute atomic E-state index is 0.0418. The third-order valence-electron chi connectivity index (χ3n) is 4.63. The number of nitrogens with zero attached hydrogens (tertiary/aromatic N) is 1. The Morgan fingerprint density at radius 2 is 1.58 bits per heavy atom. The number of piperidine rings is 1. The van der Waals surface area contributed by atoms with Crippen LogP contribution in [0.4, 0.5) is 0 Å². The molecule has 1 saturated heterocycles. The standard InChI is InChI=1S/C17H35NO/c1-3-5-6-7-8-9-10-11-13-18-14-12-17(19)16(4-2)15-18/h16-17,19H,3-15H2,1-2H3. The van der Waals surface area contributed by atoms with Crippen molar-refractivity contribution in [1.29, 1.82) is 0 Å². The van der Waals surface area contributed by atoms with Gasteiger partial charge in [0.2, 0.25) is 0 Å². The van der Waals surface area contributed by atoms with E-state index in [9.17, 15) is 5.11 Å². The van der Waals surface area contributed by atoms with Gasteiger partial charge in [0.15, 0.2) is 0 Å². The van der Waals surface area contributed by atoms with Crippen LogP contribution in [0.3, 0.4) is 0 Å². The van der Waals surface area contributed by atoms with E-state index in [1.54, 1.807) is 0 Å². The molecule has 1 N–H and O–H groups in total. The Balaban J connectivity index is 1.95. The maximum Gasteiger partial charge on any atom is 0.0592 e. The Morgan fingerprint density at radius 1 is 0.947 bits per heavy atom. The molecule has 1 heterocycles. The average molecular weight is 269 g/mol. The molecule has 1 fully saturated rings. The Kier molecular flexibility index (Phi) is 9.54. The first kappa shape index (κ1) is 17.0. The van der Waals surface area contributed by atoms with Crippen LogP contribution in [0, 0.1) is 5.92 Å². The minimum atomic E-state index is -0.0418. The molecule has 2 heteroatoms. The molecule has 2 atom stereocenters. The van der Waals surface area contributed by atoms with Crippen LogP contribution < -0.4 is 0 Å². The predicted octanol–water partition coefficient (Wildman–Crippen LogP) is 4.22. The SMILES string of the molecule is CCCCCCCCCCN1CCC(O)C(CC)C1. The third kappa shape index (κ3) is 7.31. The molecule has 0 saturated carbocycles. The summed E-state index contributed by atoms with van der Waals surface area (Å²) in [5.41, 5.74) is 0. The third-order valence-corrected chi connectivity index (χ3v) is 4.63. The van der Waals surface area contributed by atoms with Gasteiger partial charge in [-0.2, -0.15) is 0 Å². The lowest BCUT2D eigenvalue weighted by molar-refractivity contribution is 0.0246. The molecule has 0 aromatic carbocycles. The first-order valence-electron chi connectivity index (χ1n) is 8.68. The zero-order chi connectivity index (χ0) is 13.9. The molecule has 2 nitrogen and oxygen atoms in total. The highest BCUT2D eigenvalue weighted by atomic mass is 16.3. The van der Waals surface area contributed by atoms with Gasteiger partial charge in [0.05, 0.1) is 6.10 Å². The van der Waals surface area contributed by atoms with Crippen LogP contribution >= 0.6 is 0 Å². The van der Waals surface area contributed by atoms with Crippen molar-refractivity contribution in [2.45, 2.75) is 84.2 Å². The van der Waals surface area contributed by atoms with E-state index in [2.05, 4.69) is 18.7 Å². The van der Waals surface area contributed by atoms with E-state index < -0.39 is 0 Å². The molecule has 0 amide bonds. The first-order valence-corrected chi connectivity index (χ1v) is 8.68. The van der Waals surface area contributed by atoms with E-state index in [0.717, 1.165) is 25.9 Å². The molecule has 0 aromatic heterocycles. The number of aliphatic hydroxyl groups is 1. The van der Waals surface area contributed by atoms with Crippen LogP contribution in [-0.4, -0.2) is 35.7 Å². The largest absolute Gasteiger partial charge is 0.393 e.